The average molecular weight is 247 g/mol. The van der Waals surface area contributed by atoms with E-state index in [0.717, 1.165) is 6.54 Å². The van der Waals surface area contributed by atoms with E-state index in [1.807, 2.05) is 0 Å². The lowest BCUT2D eigenvalue weighted by atomic mass is 9.85. The molecule has 0 radical (unpaired) electrons. The normalized spacial score (nSPS) is 13.9. The van der Waals surface area contributed by atoms with Crippen LogP contribution in [0.1, 0.15) is 65.0 Å². The van der Waals surface area contributed by atoms with E-state index in [-0.39, 0.29) is 5.41 Å². The molecule has 0 fully saturated rings. The van der Waals surface area contributed by atoms with Crippen molar-refractivity contribution in [3.05, 3.63) is 35.4 Å². The third kappa shape index (κ3) is 4.81. The van der Waals surface area contributed by atoms with Crippen LogP contribution < -0.4 is 5.32 Å². The molecule has 1 aromatic rings. The minimum atomic E-state index is 0.251. The van der Waals surface area contributed by atoms with Gasteiger partial charge in [0.2, 0.25) is 0 Å². The van der Waals surface area contributed by atoms with E-state index in [9.17, 15) is 0 Å². The Labute approximate surface area is 113 Å². The van der Waals surface area contributed by atoms with Crippen molar-refractivity contribution in [2.45, 2.75) is 65.3 Å². The summed E-state index contributed by atoms with van der Waals surface area (Å²) in [6.07, 6.45) is 1.20. The highest BCUT2D eigenvalue weighted by molar-refractivity contribution is 5.29. The summed E-state index contributed by atoms with van der Waals surface area (Å²) >= 11 is 0. The molecule has 0 aliphatic heterocycles. The van der Waals surface area contributed by atoms with Crippen molar-refractivity contribution in [3.63, 3.8) is 0 Å². The van der Waals surface area contributed by atoms with Crippen molar-refractivity contribution in [2.24, 2.45) is 0 Å². The van der Waals surface area contributed by atoms with Crippen molar-refractivity contribution >= 4 is 0 Å². The Hall–Kier alpha value is -0.820. The average Bonchev–Trinajstić information content (AvgIpc) is 2.27. The van der Waals surface area contributed by atoms with E-state index in [4.69, 9.17) is 0 Å². The highest BCUT2D eigenvalue weighted by atomic mass is 14.9. The standard InChI is InChI=1S/C17H29N/c1-13(2)18-12-11-14(3)15-7-9-16(10-8-15)17(4,5)6/h7-10,13-14,18H,11-12H2,1-6H3. The zero-order chi connectivity index (χ0) is 13.8. The first-order valence-electron chi connectivity index (χ1n) is 7.14. The molecule has 0 heterocycles. The van der Waals surface area contributed by atoms with Gasteiger partial charge in [0.25, 0.3) is 0 Å². The highest BCUT2D eigenvalue weighted by Gasteiger charge is 2.13. The molecule has 1 atom stereocenters. The van der Waals surface area contributed by atoms with Crippen LogP contribution in [0, 0.1) is 0 Å². The van der Waals surface area contributed by atoms with Gasteiger partial charge in [0.15, 0.2) is 0 Å². The van der Waals surface area contributed by atoms with Gasteiger partial charge in [-0.3, -0.25) is 0 Å². The van der Waals surface area contributed by atoms with Crippen LogP contribution in [-0.2, 0) is 5.41 Å². The topological polar surface area (TPSA) is 12.0 Å². The van der Waals surface area contributed by atoms with Crippen molar-refractivity contribution in [1.82, 2.24) is 5.32 Å². The molecular formula is C17H29N. The Morgan fingerprint density at radius 3 is 2.00 bits per heavy atom. The van der Waals surface area contributed by atoms with Crippen molar-refractivity contribution < 1.29 is 0 Å². The largest absolute Gasteiger partial charge is 0.315 e. The minimum Gasteiger partial charge on any atom is -0.315 e. The van der Waals surface area contributed by atoms with Crippen LogP contribution in [0.25, 0.3) is 0 Å². The van der Waals surface area contributed by atoms with Gasteiger partial charge in [-0.1, -0.05) is 65.8 Å². The van der Waals surface area contributed by atoms with Gasteiger partial charge in [0.05, 0.1) is 0 Å². The van der Waals surface area contributed by atoms with Crippen molar-refractivity contribution in [1.29, 1.82) is 0 Å². The summed E-state index contributed by atoms with van der Waals surface area (Å²) in [5.74, 6) is 0.630. The fourth-order valence-electron chi connectivity index (χ4n) is 2.07. The summed E-state index contributed by atoms with van der Waals surface area (Å²) in [4.78, 5) is 0. The molecule has 0 amide bonds. The summed E-state index contributed by atoms with van der Waals surface area (Å²) in [6, 6.07) is 9.73. The molecule has 0 aliphatic rings. The van der Waals surface area contributed by atoms with Crippen LogP contribution in [0.2, 0.25) is 0 Å². The molecule has 18 heavy (non-hydrogen) atoms. The summed E-state index contributed by atoms with van der Waals surface area (Å²) in [7, 11) is 0. The number of rotatable bonds is 5. The van der Waals surface area contributed by atoms with E-state index in [2.05, 4.69) is 71.1 Å². The molecule has 0 spiro atoms. The summed E-state index contributed by atoms with van der Waals surface area (Å²) < 4.78 is 0. The predicted octanol–water partition coefficient (Wildman–Crippen LogP) is 4.48. The lowest BCUT2D eigenvalue weighted by molar-refractivity contribution is 0.540. The summed E-state index contributed by atoms with van der Waals surface area (Å²) in [5.41, 5.74) is 3.12. The van der Waals surface area contributed by atoms with E-state index in [0.29, 0.717) is 12.0 Å². The van der Waals surface area contributed by atoms with Crippen LogP contribution in [0.15, 0.2) is 24.3 Å². The van der Waals surface area contributed by atoms with Gasteiger partial charge in [-0.2, -0.15) is 0 Å². The molecule has 0 aliphatic carbocycles. The fraction of sp³-hybridized carbons (Fsp3) is 0.647. The lowest BCUT2D eigenvalue weighted by Gasteiger charge is -2.20. The van der Waals surface area contributed by atoms with E-state index in [1.165, 1.54) is 17.5 Å². The number of hydrogen-bond acceptors (Lipinski definition) is 1. The monoisotopic (exact) mass is 247 g/mol. The molecular weight excluding hydrogens is 218 g/mol. The molecule has 0 aromatic heterocycles. The fourth-order valence-corrected chi connectivity index (χ4v) is 2.07. The maximum absolute atomic E-state index is 3.48. The molecule has 1 heteroatoms. The Bertz CT molecular complexity index is 343. The molecule has 0 bridgehead atoms. The highest BCUT2D eigenvalue weighted by Crippen LogP contribution is 2.25. The molecule has 1 aromatic carbocycles. The summed E-state index contributed by atoms with van der Waals surface area (Å²) in [5, 5.41) is 3.48. The van der Waals surface area contributed by atoms with E-state index < -0.39 is 0 Å². The molecule has 1 nitrogen and oxygen atoms in total. The van der Waals surface area contributed by atoms with E-state index in [1.54, 1.807) is 0 Å². The molecule has 1 rings (SSSR count). The van der Waals surface area contributed by atoms with E-state index >= 15 is 0 Å². The predicted molar refractivity (Wildman–Crippen MR) is 81.3 cm³/mol. The van der Waals surface area contributed by atoms with Gasteiger partial charge < -0.3 is 5.32 Å². The van der Waals surface area contributed by atoms with Crippen LogP contribution >= 0.6 is 0 Å². The number of hydrogen-bond donors (Lipinski definition) is 1. The van der Waals surface area contributed by atoms with Gasteiger partial charge in [-0.05, 0) is 35.4 Å². The summed E-state index contributed by atoms with van der Waals surface area (Å²) in [6.45, 7) is 14.6. The van der Waals surface area contributed by atoms with Crippen LogP contribution in [0.3, 0.4) is 0 Å². The zero-order valence-electron chi connectivity index (χ0n) is 12.9. The molecule has 1 N–H and O–H groups in total. The molecule has 0 saturated carbocycles. The van der Waals surface area contributed by atoms with Crippen LogP contribution in [-0.4, -0.2) is 12.6 Å². The first-order chi connectivity index (χ1) is 8.30. The SMILES string of the molecule is CC(C)NCCC(C)c1ccc(C(C)(C)C)cc1. The maximum atomic E-state index is 3.48. The smallest absolute Gasteiger partial charge is 0.00103 e. The lowest BCUT2D eigenvalue weighted by Crippen LogP contribution is -2.24. The number of benzene rings is 1. The molecule has 1 unspecified atom stereocenters. The first-order valence-corrected chi connectivity index (χ1v) is 7.14. The number of nitrogens with one attached hydrogen (secondary N) is 1. The second-order valence-electron chi connectivity index (χ2n) is 6.67. The third-order valence-corrected chi connectivity index (χ3v) is 3.48. The van der Waals surface area contributed by atoms with Gasteiger partial charge in [0, 0.05) is 6.04 Å². The Kier molecular flexibility index (Phi) is 5.40. The maximum Gasteiger partial charge on any atom is 0.00103 e. The van der Waals surface area contributed by atoms with Crippen LogP contribution in [0.4, 0.5) is 0 Å². The van der Waals surface area contributed by atoms with Gasteiger partial charge in [-0.25, -0.2) is 0 Å². The molecule has 102 valence electrons. The van der Waals surface area contributed by atoms with Crippen LogP contribution in [0.5, 0.6) is 0 Å². The van der Waals surface area contributed by atoms with Crippen molar-refractivity contribution in [3.8, 4) is 0 Å². The molecule has 0 saturated heterocycles. The van der Waals surface area contributed by atoms with Crippen molar-refractivity contribution in [2.75, 3.05) is 6.54 Å². The minimum absolute atomic E-state index is 0.251. The second-order valence-corrected chi connectivity index (χ2v) is 6.67. The Morgan fingerprint density at radius 2 is 1.56 bits per heavy atom. The Balaban J connectivity index is 2.56. The third-order valence-electron chi connectivity index (χ3n) is 3.48. The van der Waals surface area contributed by atoms with Gasteiger partial charge >= 0.3 is 0 Å². The quantitative estimate of drug-likeness (QED) is 0.809. The zero-order valence-corrected chi connectivity index (χ0v) is 12.9. The Morgan fingerprint density at radius 1 is 1.00 bits per heavy atom. The second kappa shape index (κ2) is 6.38. The first kappa shape index (κ1) is 15.2. The van der Waals surface area contributed by atoms with Gasteiger partial charge in [0.1, 0.15) is 0 Å². The van der Waals surface area contributed by atoms with Gasteiger partial charge in [-0.15, -0.1) is 0 Å².